The molecule has 0 aliphatic rings. The first-order chi connectivity index (χ1) is 14.1. The lowest BCUT2D eigenvalue weighted by Crippen LogP contribution is -2.03. The van der Waals surface area contributed by atoms with E-state index in [-0.39, 0.29) is 38.4 Å². The van der Waals surface area contributed by atoms with Crippen LogP contribution in [0.4, 0.5) is 0 Å². The SMILES string of the molecule is CCC(O)CCCCCO.O=C(O)CCCCC(=O)O.O=C(O)CCCCC(=O)O. The second-order valence-corrected chi connectivity index (χ2v) is 6.62. The van der Waals surface area contributed by atoms with Crippen molar-refractivity contribution in [2.24, 2.45) is 0 Å². The molecule has 0 aromatic carbocycles. The lowest BCUT2D eigenvalue weighted by Gasteiger charge is -2.05. The standard InChI is InChI=1S/C8H18O2.2C6H10O4/c1-2-8(10)6-4-3-5-7-9;2*7-5(8)3-1-2-4-6(9)10/h8-10H,2-7H2,1H3;2*1-4H2,(H,7,8)(H,9,10). The Labute approximate surface area is 177 Å². The number of carboxylic acids is 4. The van der Waals surface area contributed by atoms with Crippen LogP contribution in [0.2, 0.25) is 0 Å². The first kappa shape index (κ1) is 32.5. The van der Waals surface area contributed by atoms with Gasteiger partial charge in [0.05, 0.1) is 6.10 Å². The van der Waals surface area contributed by atoms with Gasteiger partial charge >= 0.3 is 23.9 Å². The summed E-state index contributed by atoms with van der Waals surface area (Å²) in [5.41, 5.74) is 0. The van der Waals surface area contributed by atoms with Gasteiger partial charge in [0.15, 0.2) is 0 Å². The molecule has 10 nitrogen and oxygen atoms in total. The molecular formula is C20H38O10. The first-order valence-electron chi connectivity index (χ1n) is 10.2. The van der Waals surface area contributed by atoms with Gasteiger partial charge in [-0.3, -0.25) is 19.2 Å². The third-order valence-electron chi connectivity index (χ3n) is 3.73. The molecule has 0 aromatic rings. The van der Waals surface area contributed by atoms with Crippen LogP contribution in [0, 0.1) is 0 Å². The summed E-state index contributed by atoms with van der Waals surface area (Å²) in [7, 11) is 0. The van der Waals surface area contributed by atoms with E-state index in [1.54, 1.807) is 0 Å². The van der Waals surface area contributed by atoms with Gasteiger partial charge in [0.2, 0.25) is 0 Å². The van der Waals surface area contributed by atoms with Crippen LogP contribution < -0.4 is 0 Å². The number of aliphatic carboxylic acids is 4. The Balaban J connectivity index is -0.000000364. The molecule has 0 heterocycles. The lowest BCUT2D eigenvalue weighted by molar-refractivity contribution is -0.139. The molecule has 6 N–H and O–H groups in total. The molecule has 10 heteroatoms. The van der Waals surface area contributed by atoms with Crippen molar-refractivity contribution in [1.29, 1.82) is 0 Å². The Morgan fingerprint density at radius 1 is 0.600 bits per heavy atom. The van der Waals surface area contributed by atoms with Gasteiger partial charge in [-0.2, -0.15) is 0 Å². The Kier molecular flexibility index (Phi) is 26.9. The number of aliphatic hydroxyl groups is 2. The summed E-state index contributed by atoms with van der Waals surface area (Å²) in [5, 5.41) is 50.0. The second-order valence-electron chi connectivity index (χ2n) is 6.62. The Bertz CT molecular complexity index is 387. The highest BCUT2D eigenvalue weighted by Gasteiger charge is 2.00. The van der Waals surface area contributed by atoms with Crippen molar-refractivity contribution in [1.82, 2.24) is 0 Å². The van der Waals surface area contributed by atoms with E-state index in [1.807, 2.05) is 6.92 Å². The fourth-order valence-corrected chi connectivity index (χ4v) is 1.98. The first-order valence-corrected chi connectivity index (χ1v) is 10.2. The van der Waals surface area contributed by atoms with Gasteiger partial charge in [0, 0.05) is 32.3 Å². The smallest absolute Gasteiger partial charge is 0.303 e. The van der Waals surface area contributed by atoms with Crippen LogP contribution >= 0.6 is 0 Å². The molecule has 0 saturated carbocycles. The van der Waals surface area contributed by atoms with Crippen LogP contribution in [0.25, 0.3) is 0 Å². The fraction of sp³-hybridized carbons (Fsp3) is 0.800. The fourth-order valence-electron chi connectivity index (χ4n) is 1.98. The van der Waals surface area contributed by atoms with Crippen molar-refractivity contribution in [2.45, 2.75) is 96.5 Å². The van der Waals surface area contributed by atoms with Gasteiger partial charge in [-0.25, -0.2) is 0 Å². The number of carboxylic acid groups (broad SMARTS) is 4. The predicted octanol–water partition coefficient (Wildman–Crippen LogP) is 2.74. The zero-order valence-corrected chi connectivity index (χ0v) is 17.8. The maximum absolute atomic E-state index is 9.90. The summed E-state index contributed by atoms with van der Waals surface area (Å²) >= 11 is 0. The molecule has 1 atom stereocenters. The molecule has 0 fully saturated rings. The highest BCUT2D eigenvalue weighted by atomic mass is 16.4. The van der Waals surface area contributed by atoms with Crippen molar-refractivity contribution < 1.29 is 49.8 Å². The van der Waals surface area contributed by atoms with Gasteiger partial charge < -0.3 is 30.6 Å². The van der Waals surface area contributed by atoms with E-state index in [0.717, 1.165) is 32.1 Å². The monoisotopic (exact) mass is 438 g/mol. The summed E-state index contributed by atoms with van der Waals surface area (Å²) in [4.78, 5) is 39.6. The second kappa shape index (κ2) is 24.8. The van der Waals surface area contributed by atoms with Crippen LogP contribution in [0.15, 0.2) is 0 Å². The van der Waals surface area contributed by atoms with Crippen molar-refractivity contribution in [3.63, 3.8) is 0 Å². The summed E-state index contributed by atoms with van der Waals surface area (Å²) < 4.78 is 0. The van der Waals surface area contributed by atoms with Crippen LogP contribution in [0.5, 0.6) is 0 Å². The van der Waals surface area contributed by atoms with Gasteiger partial charge in [0.1, 0.15) is 0 Å². The van der Waals surface area contributed by atoms with E-state index >= 15 is 0 Å². The van der Waals surface area contributed by atoms with Gasteiger partial charge in [-0.15, -0.1) is 0 Å². The van der Waals surface area contributed by atoms with Crippen molar-refractivity contribution in [3.05, 3.63) is 0 Å². The van der Waals surface area contributed by atoms with Crippen molar-refractivity contribution in [2.75, 3.05) is 6.61 Å². The van der Waals surface area contributed by atoms with E-state index in [0.29, 0.717) is 25.7 Å². The molecule has 0 amide bonds. The summed E-state index contributed by atoms with van der Waals surface area (Å²) in [6.45, 7) is 2.26. The number of rotatable bonds is 16. The van der Waals surface area contributed by atoms with Crippen molar-refractivity contribution >= 4 is 23.9 Å². The molecule has 178 valence electrons. The molecule has 0 radical (unpaired) electrons. The highest BCUT2D eigenvalue weighted by Crippen LogP contribution is 2.05. The van der Waals surface area contributed by atoms with Crippen LogP contribution in [0.1, 0.15) is 90.4 Å². The number of carbonyl (C=O) groups is 4. The number of hydrogen-bond acceptors (Lipinski definition) is 6. The largest absolute Gasteiger partial charge is 0.481 e. The molecule has 0 aliphatic heterocycles. The van der Waals surface area contributed by atoms with Gasteiger partial charge in [-0.1, -0.05) is 19.8 Å². The van der Waals surface area contributed by atoms with Crippen LogP contribution in [-0.4, -0.2) is 67.2 Å². The molecule has 0 rings (SSSR count). The van der Waals surface area contributed by atoms with Gasteiger partial charge in [-0.05, 0) is 44.9 Å². The van der Waals surface area contributed by atoms with E-state index in [2.05, 4.69) is 0 Å². The summed E-state index contributed by atoms with van der Waals surface area (Å²) in [6, 6.07) is 0. The zero-order chi connectivity index (χ0) is 23.8. The quantitative estimate of drug-likeness (QED) is 0.195. The Hall–Kier alpha value is -2.20. The molecule has 0 aromatic heterocycles. The third kappa shape index (κ3) is 40.5. The number of hydrogen-bond donors (Lipinski definition) is 6. The average molecular weight is 439 g/mol. The van der Waals surface area contributed by atoms with Crippen LogP contribution in [0.3, 0.4) is 0 Å². The molecule has 0 spiro atoms. The zero-order valence-electron chi connectivity index (χ0n) is 17.8. The van der Waals surface area contributed by atoms with E-state index in [1.165, 1.54) is 0 Å². The number of aliphatic hydroxyl groups excluding tert-OH is 2. The number of unbranched alkanes of at least 4 members (excludes halogenated alkanes) is 4. The highest BCUT2D eigenvalue weighted by molar-refractivity contribution is 5.68. The molecule has 0 saturated heterocycles. The minimum absolute atomic E-state index is 0.0628. The van der Waals surface area contributed by atoms with E-state index in [4.69, 9.17) is 30.6 Å². The van der Waals surface area contributed by atoms with Crippen LogP contribution in [-0.2, 0) is 19.2 Å². The van der Waals surface area contributed by atoms with Crippen molar-refractivity contribution in [3.8, 4) is 0 Å². The topological polar surface area (TPSA) is 190 Å². The van der Waals surface area contributed by atoms with Gasteiger partial charge in [0.25, 0.3) is 0 Å². The van der Waals surface area contributed by atoms with E-state index in [9.17, 15) is 19.2 Å². The molecule has 0 bridgehead atoms. The minimum Gasteiger partial charge on any atom is -0.481 e. The molecule has 30 heavy (non-hydrogen) atoms. The maximum atomic E-state index is 9.90. The normalized spacial score (nSPS) is 10.6. The third-order valence-corrected chi connectivity index (χ3v) is 3.73. The predicted molar refractivity (Wildman–Crippen MR) is 109 cm³/mol. The Morgan fingerprint density at radius 3 is 1.17 bits per heavy atom. The average Bonchev–Trinajstić information content (AvgIpc) is 2.66. The molecule has 1 unspecified atom stereocenters. The summed E-state index contributed by atoms with van der Waals surface area (Å²) in [6.07, 6.45) is 6.58. The lowest BCUT2D eigenvalue weighted by atomic mass is 10.1. The minimum atomic E-state index is -0.870. The summed E-state index contributed by atoms with van der Waals surface area (Å²) in [5.74, 6) is -3.48. The maximum Gasteiger partial charge on any atom is 0.303 e. The van der Waals surface area contributed by atoms with E-state index < -0.39 is 23.9 Å². The Morgan fingerprint density at radius 2 is 0.933 bits per heavy atom. The molecular weight excluding hydrogens is 400 g/mol. The molecule has 0 aliphatic carbocycles.